The first-order valence-electron chi connectivity index (χ1n) is 8.64. The average molecular weight is 391 g/mol. The lowest BCUT2D eigenvalue weighted by Gasteiger charge is -2.19. The lowest BCUT2D eigenvalue weighted by Crippen LogP contribution is -2.39. The van der Waals surface area contributed by atoms with Gasteiger partial charge >= 0.3 is 12.0 Å². The van der Waals surface area contributed by atoms with Crippen molar-refractivity contribution in [3.63, 3.8) is 0 Å². The largest absolute Gasteiger partial charge is 0.497 e. The van der Waals surface area contributed by atoms with Crippen LogP contribution in [0.5, 0.6) is 5.75 Å². The minimum absolute atomic E-state index is 0.0690. The molecule has 0 heterocycles. The van der Waals surface area contributed by atoms with Crippen LogP contribution >= 0.6 is 11.6 Å². The van der Waals surface area contributed by atoms with E-state index in [9.17, 15) is 9.59 Å². The first kappa shape index (κ1) is 20.6. The van der Waals surface area contributed by atoms with Crippen molar-refractivity contribution in [2.24, 2.45) is 0 Å². The predicted octanol–water partition coefficient (Wildman–Crippen LogP) is 4.34. The SMILES string of the molecule is COc1ccc(CC(CCCC(=O)O)NC(=O)Nc2ccc(Cl)cc2)cc1. The molecule has 27 heavy (non-hydrogen) atoms. The highest BCUT2D eigenvalue weighted by molar-refractivity contribution is 6.30. The highest BCUT2D eigenvalue weighted by Gasteiger charge is 2.14. The van der Waals surface area contributed by atoms with Gasteiger partial charge in [0.2, 0.25) is 0 Å². The van der Waals surface area contributed by atoms with Crippen LogP contribution in [0.25, 0.3) is 0 Å². The molecule has 0 spiro atoms. The van der Waals surface area contributed by atoms with Crippen molar-refractivity contribution in [1.29, 1.82) is 0 Å². The summed E-state index contributed by atoms with van der Waals surface area (Å²) in [7, 11) is 1.60. The molecule has 0 bridgehead atoms. The number of amides is 2. The number of hydrogen-bond donors (Lipinski definition) is 3. The topological polar surface area (TPSA) is 87.7 Å². The normalized spacial score (nSPS) is 11.5. The first-order chi connectivity index (χ1) is 13.0. The van der Waals surface area contributed by atoms with E-state index in [0.717, 1.165) is 11.3 Å². The molecule has 0 aromatic heterocycles. The smallest absolute Gasteiger partial charge is 0.319 e. The van der Waals surface area contributed by atoms with Crippen LogP contribution in [0, 0.1) is 0 Å². The van der Waals surface area contributed by atoms with Gasteiger partial charge < -0.3 is 20.5 Å². The second-order valence-corrected chi connectivity index (χ2v) is 6.58. The number of carboxylic acid groups (broad SMARTS) is 1. The molecule has 7 heteroatoms. The number of methoxy groups -OCH3 is 1. The summed E-state index contributed by atoms with van der Waals surface area (Å²) in [5.74, 6) is -0.0848. The monoisotopic (exact) mass is 390 g/mol. The lowest BCUT2D eigenvalue weighted by molar-refractivity contribution is -0.137. The Labute approximate surface area is 163 Å². The van der Waals surface area contributed by atoms with E-state index in [4.69, 9.17) is 21.4 Å². The lowest BCUT2D eigenvalue weighted by atomic mass is 10.0. The Morgan fingerprint density at radius 2 is 1.78 bits per heavy atom. The summed E-state index contributed by atoms with van der Waals surface area (Å²) in [5, 5.41) is 15.1. The number of carboxylic acids is 1. The molecule has 0 fully saturated rings. The first-order valence-corrected chi connectivity index (χ1v) is 9.02. The molecular weight excluding hydrogens is 368 g/mol. The molecule has 144 valence electrons. The van der Waals surface area contributed by atoms with Gasteiger partial charge in [-0.3, -0.25) is 4.79 Å². The third-order valence-corrected chi connectivity index (χ3v) is 4.27. The summed E-state index contributed by atoms with van der Waals surface area (Å²) >= 11 is 5.84. The van der Waals surface area contributed by atoms with Gasteiger partial charge in [0.25, 0.3) is 0 Å². The van der Waals surface area contributed by atoms with Crippen molar-refractivity contribution in [1.82, 2.24) is 5.32 Å². The second-order valence-electron chi connectivity index (χ2n) is 6.14. The van der Waals surface area contributed by atoms with Crippen LogP contribution in [0.4, 0.5) is 10.5 Å². The zero-order valence-electron chi connectivity index (χ0n) is 15.1. The summed E-state index contributed by atoms with van der Waals surface area (Å²) in [6.07, 6.45) is 1.71. The number of benzene rings is 2. The quantitative estimate of drug-likeness (QED) is 0.594. The number of anilines is 1. The van der Waals surface area contributed by atoms with Crippen LogP contribution in [0.1, 0.15) is 24.8 Å². The summed E-state index contributed by atoms with van der Waals surface area (Å²) in [6.45, 7) is 0. The number of carbonyl (C=O) groups excluding carboxylic acids is 1. The summed E-state index contributed by atoms with van der Waals surface area (Å²) < 4.78 is 5.15. The Morgan fingerprint density at radius 1 is 1.11 bits per heavy atom. The van der Waals surface area contributed by atoms with Crippen LogP contribution in [-0.4, -0.2) is 30.3 Å². The van der Waals surface area contributed by atoms with Crippen LogP contribution in [-0.2, 0) is 11.2 Å². The minimum Gasteiger partial charge on any atom is -0.497 e. The maximum Gasteiger partial charge on any atom is 0.319 e. The zero-order valence-corrected chi connectivity index (χ0v) is 15.8. The average Bonchev–Trinajstić information content (AvgIpc) is 2.64. The molecule has 3 N–H and O–H groups in total. The van der Waals surface area contributed by atoms with E-state index >= 15 is 0 Å². The number of halogens is 1. The van der Waals surface area contributed by atoms with E-state index in [1.165, 1.54) is 0 Å². The van der Waals surface area contributed by atoms with Gasteiger partial charge in [-0.1, -0.05) is 23.7 Å². The molecule has 0 saturated heterocycles. The molecule has 0 aliphatic rings. The number of ether oxygens (including phenoxy) is 1. The number of aliphatic carboxylic acids is 1. The Bertz CT molecular complexity index is 748. The third kappa shape index (κ3) is 7.58. The summed E-state index contributed by atoms with van der Waals surface area (Å²) in [6, 6.07) is 13.9. The molecule has 2 amide bonds. The Morgan fingerprint density at radius 3 is 2.37 bits per heavy atom. The van der Waals surface area contributed by atoms with Crippen molar-refractivity contribution < 1.29 is 19.4 Å². The third-order valence-electron chi connectivity index (χ3n) is 4.02. The van der Waals surface area contributed by atoms with Gasteiger partial charge in [-0.25, -0.2) is 4.79 Å². The highest BCUT2D eigenvalue weighted by atomic mass is 35.5. The molecule has 2 aromatic carbocycles. The predicted molar refractivity (Wildman–Crippen MR) is 106 cm³/mol. The standard InChI is InChI=1S/C20H23ClN2O4/c1-27-18-11-5-14(6-12-18)13-17(3-2-4-19(24)25)23-20(26)22-16-9-7-15(21)8-10-16/h5-12,17H,2-4,13H2,1H3,(H,24,25)(H2,22,23,26). The van der Waals surface area contributed by atoms with Crippen LogP contribution in [0.2, 0.25) is 5.02 Å². The van der Waals surface area contributed by atoms with Gasteiger partial charge in [0.1, 0.15) is 5.75 Å². The van der Waals surface area contributed by atoms with E-state index < -0.39 is 5.97 Å². The highest BCUT2D eigenvalue weighted by Crippen LogP contribution is 2.16. The van der Waals surface area contributed by atoms with Gasteiger partial charge in [-0.15, -0.1) is 0 Å². The number of nitrogens with one attached hydrogen (secondary N) is 2. The molecule has 6 nitrogen and oxygen atoms in total. The maximum absolute atomic E-state index is 12.3. The van der Waals surface area contributed by atoms with E-state index in [0.29, 0.717) is 30.0 Å². The van der Waals surface area contributed by atoms with E-state index in [-0.39, 0.29) is 18.5 Å². The second kappa shape index (κ2) is 10.4. The molecule has 0 saturated carbocycles. The number of carbonyl (C=O) groups is 2. The van der Waals surface area contributed by atoms with Gasteiger partial charge in [0, 0.05) is 23.2 Å². The Balaban J connectivity index is 1.97. The van der Waals surface area contributed by atoms with Gasteiger partial charge in [0.15, 0.2) is 0 Å². The molecule has 0 aliphatic heterocycles. The van der Waals surface area contributed by atoms with Crippen LogP contribution in [0.15, 0.2) is 48.5 Å². The van der Waals surface area contributed by atoms with Crippen molar-refractivity contribution in [3.8, 4) is 5.75 Å². The van der Waals surface area contributed by atoms with Crippen molar-refractivity contribution in [3.05, 3.63) is 59.1 Å². The molecule has 1 unspecified atom stereocenters. The molecule has 0 aliphatic carbocycles. The van der Waals surface area contributed by atoms with Gasteiger partial charge in [0.05, 0.1) is 7.11 Å². The Kier molecular flexibility index (Phi) is 7.95. The Hall–Kier alpha value is -2.73. The number of urea groups is 1. The maximum atomic E-state index is 12.3. The van der Waals surface area contributed by atoms with E-state index in [2.05, 4.69) is 10.6 Å². The van der Waals surface area contributed by atoms with Crippen molar-refractivity contribution in [2.45, 2.75) is 31.7 Å². The van der Waals surface area contributed by atoms with E-state index in [1.54, 1.807) is 31.4 Å². The molecule has 2 rings (SSSR count). The van der Waals surface area contributed by atoms with Gasteiger partial charge in [-0.2, -0.15) is 0 Å². The summed E-state index contributed by atoms with van der Waals surface area (Å²) in [5.41, 5.74) is 1.66. The van der Waals surface area contributed by atoms with Gasteiger partial charge in [-0.05, 0) is 61.2 Å². The molecular formula is C20H23ClN2O4. The fraction of sp³-hybridized carbons (Fsp3) is 0.300. The zero-order chi connectivity index (χ0) is 19.6. The molecule has 2 aromatic rings. The molecule has 1 atom stereocenters. The fourth-order valence-corrected chi connectivity index (χ4v) is 2.78. The fourth-order valence-electron chi connectivity index (χ4n) is 2.66. The number of hydrogen-bond acceptors (Lipinski definition) is 3. The molecule has 0 radical (unpaired) electrons. The van der Waals surface area contributed by atoms with Crippen LogP contribution in [0.3, 0.4) is 0 Å². The van der Waals surface area contributed by atoms with Crippen LogP contribution < -0.4 is 15.4 Å². The number of rotatable bonds is 9. The van der Waals surface area contributed by atoms with Crippen molar-refractivity contribution >= 4 is 29.3 Å². The minimum atomic E-state index is -0.844. The summed E-state index contributed by atoms with van der Waals surface area (Å²) in [4.78, 5) is 23.1. The van der Waals surface area contributed by atoms with E-state index in [1.807, 2.05) is 24.3 Å². The van der Waals surface area contributed by atoms with Crippen molar-refractivity contribution in [2.75, 3.05) is 12.4 Å².